The summed E-state index contributed by atoms with van der Waals surface area (Å²) in [4.78, 5) is 0.0559. The molecule has 80 valence electrons. The van der Waals surface area contributed by atoms with E-state index in [1.807, 2.05) is 0 Å². The number of benzene rings is 1. The molecule has 0 aliphatic rings. The highest BCUT2D eigenvalue weighted by molar-refractivity contribution is 9.10. The van der Waals surface area contributed by atoms with Crippen molar-refractivity contribution in [2.45, 2.75) is 0 Å². The lowest BCUT2D eigenvalue weighted by Crippen LogP contribution is -2.30. The molecule has 0 bridgehead atoms. The summed E-state index contributed by atoms with van der Waals surface area (Å²) in [6.45, 7) is 0. The van der Waals surface area contributed by atoms with Gasteiger partial charge >= 0.3 is 5.96 Å². The molecule has 0 amide bonds. The number of hydrazone groups is 1. The molecule has 1 aromatic rings. The van der Waals surface area contributed by atoms with Gasteiger partial charge in [-0.05, 0) is 18.2 Å². The second-order valence-electron chi connectivity index (χ2n) is 2.65. The number of aromatic hydroxyl groups is 1. The third kappa shape index (κ3) is 3.13. The van der Waals surface area contributed by atoms with Gasteiger partial charge in [0.1, 0.15) is 5.75 Å². The Hall–Kier alpha value is -1.76. The van der Waals surface area contributed by atoms with Gasteiger partial charge in [-0.3, -0.25) is 11.5 Å². The number of phenols is 1. The lowest BCUT2D eigenvalue weighted by Gasteiger charge is -2.03. The molecule has 5 N–H and O–H groups in total. The Balaban J connectivity index is 2.99. The fraction of sp³-hybridized carbons (Fsp3) is 0. The number of nitrogens with two attached hydrogens (primary N) is 2. The number of nitrogens with zero attached hydrogens (tertiary/aromatic N) is 2. The van der Waals surface area contributed by atoms with Crippen LogP contribution in [0.15, 0.2) is 27.8 Å². The molecular weight excluding hydrogens is 264 g/mol. The van der Waals surface area contributed by atoms with Gasteiger partial charge in [0.2, 0.25) is 0 Å². The number of guanidine groups is 1. The van der Waals surface area contributed by atoms with Crippen LogP contribution in [0, 0.1) is 5.21 Å². The topological polar surface area (TPSA) is 111 Å². The number of rotatable bonds is 2. The Kier molecular flexibility index (Phi) is 3.51. The monoisotopic (exact) mass is 272 g/mol. The summed E-state index contributed by atoms with van der Waals surface area (Å²) in [6.07, 6.45) is 1.16. The van der Waals surface area contributed by atoms with E-state index >= 15 is 0 Å². The predicted molar refractivity (Wildman–Crippen MR) is 60.4 cm³/mol. The first kappa shape index (κ1) is 11.3. The maximum absolute atomic E-state index is 10.9. The quantitative estimate of drug-likeness (QED) is 0.236. The van der Waals surface area contributed by atoms with Crippen molar-refractivity contribution in [1.82, 2.24) is 0 Å². The largest absolute Gasteiger partial charge is 0.722 e. The normalized spacial score (nSPS) is 10.5. The van der Waals surface area contributed by atoms with Gasteiger partial charge in [0.05, 0.1) is 6.21 Å². The van der Waals surface area contributed by atoms with Gasteiger partial charge in [-0.1, -0.05) is 15.9 Å². The molecule has 0 unspecified atom stereocenters. The minimum atomic E-state index is -0.472. The van der Waals surface area contributed by atoms with E-state index in [2.05, 4.69) is 21.0 Å². The Labute approximate surface area is 94.2 Å². The van der Waals surface area contributed by atoms with Crippen LogP contribution in [-0.4, -0.2) is 22.1 Å². The second-order valence-corrected chi connectivity index (χ2v) is 3.56. The van der Waals surface area contributed by atoms with Gasteiger partial charge in [-0.2, -0.15) is 0 Å². The molecule has 0 radical (unpaired) electrons. The van der Waals surface area contributed by atoms with Gasteiger partial charge in [0, 0.05) is 10.0 Å². The highest BCUT2D eigenvalue weighted by atomic mass is 79.9. The molecule has 15 heavy (non-hydrogen) atoms. The van der Waals surface area contributed by atoms with E-state index < -0.39 is 5.96 Å². The SMILES string of the molecule is NC(N)=[N+]([O-])/N=C/c1cc(Br)ccc1O. The maximum Gasteiger partial charge on any atom is 0.366 e. The minimum absolute atomic E-state index is 0.00550. The van der Waals surface area contributed by atoms with E-state index in [0.29, 0.717) is 5.56 Å². The van der Waals surface area contributed by atoms with Crippen molar-refractivity contribution in [3.8, 4) is 5.75 Å². The number of halogens is 1. The van der Waals surface area contributed by atoms with Crippen LogP contribution in [0.2, 0.25) is 0 Å². The predicted octanol–water partition coefficient (Wildman–Crippen LogP) is 0.272. The molecule has 1 aromatic carbocycles. The Morgan fingerprint density at radius 1 is 1.53 bits per heavy atom. The van der Waals surface area contributed by atoms with Crippen LogP contribution in [0.25, 0.3) is 0 Å². The average molecular weight is 273 g/mol. The number of hydrogen-bond donors (Lipinski definition) is 3. The van der Waals surface area contributed by atoms with Crippen molar-refractivity contribution in [2.24, 2.45) is 16.6 Å². The van der Waals surface area contributed by atoms with Crippen LogP contribution in [-0.2, 0) is 0 Å². The van der Waals surface area contributed by atoms with Crippen LogP contribution >= 0.6 is 15.9 Å². The summed E-state index contributed by atoms with van der Waals surface area (Å²) in [5, 5.41) is 23.6. The Morgan fingerprint density at radius 3 is 2.80 bits per heavy atom. The molecule has 1 rings (SSSR count). The molecule has 0 aliphatic carbocycles. The standard InChI is InChI=1S/C8H9BrN4O2/c9-6-1-2-7(14)5(3-6)4-12-13(15)8(10)11/h1-4,14H,10-11H2/b12-4+. The summed E-state index contributed by atoms with van der Waals surface area (Å²) in [5.41, 5.74) is 10.4. The van der Waals surface area contributed by atoms with Crippen molar-refractivity contribution >= 4 is 28.1 Å². The first-order valence-corrected chi connectivity index (χ1v) is 4.67. The van der Waals surface area contributed by atoms with Crippen molar-refractivity contribution in [2.75, 3.05) is 0 Å². The van der Waals surface area contributed by atoms with Crippen LogP contribution in [0.3, 0.4) is 0 Å². The summed E-state index contributed by atoms with van der Waals surface area (Å²) >= 11 is 3.21. The Bertz CT molecular complexity index is 427. The molecule has 0 saturated heterocycles. The van der Waals surface area contributed by atoms with E-state index in [4.69, 9.17) is 11.5 Å². The first-order valence-electron chi connectivity index (χ1n) is 3.88. The molecule has 0 saturated carbocycles. The van der Waals surface area contributed by atoms with Crippen molar-refractivity contribution in [3.63, 3.8) is 0 Å². The average Bonchev–Trinajstić information content (AvgIpc) is 2.18. The fourth-order valence-corrected chi connectivity index (χ4v) is 1.19. The third-order valence-electron chi connectivity index (χ3n) is 1.51. The zero-order chi connectivity index (χ0) is 11.4. The van der Waals surface area contributed by atoms with E-state index in [9.17, 15) is 10.3 Å². The molecule has 0 heterocycles. The van der Waals surface area contributed by atoms with Gasteiger partial charge < -0.3 is 10.3 Å². The molecule has 6 nitrogen and oxygen atoms in total. The Morgan fingerprint density at radius 2 is 2.20 bits per heavy atom. The number of hydrogen-bond acceptors (Lipinski definition) is 3. The molecule has 0 fully saturated rings. The van der Waals surface area contributed by atoms with Crippen LogP contribution < -0.4 is 11.5 Å². The molecule has 0 aromatic heterocycles. The first-order chi connectivity index (χ1) is 7.00. The molecule has 7 heteroatoms. The molecular formula is C8H9BrN4O2. The molecule has 0 spiro atoms. The van der Waals surface area contributed by atoms with Gasteiger partial charge in [0.25, 0.3) is 0 Å². The molecule has 0 atom stereocenters. The summed E-state index contributed by atoms with van der Waals surface area (Å²) < 4.78 is 0.754. The summed E-state index contributed by atoms with van der Waals surface area (Å²) in [5.74, 6) is -0.466. The number of phenolic OH excluding ortho intramolecular Hbond substituents is 1. The fourth-order valence-electron chi connectivity index (χ4n) is 0.810. The van der Waals surface area contributed by atoms with Crippen molar-refractivity contribution in [1.29, 1.82) is 0 Å². The van der Waals surface area contributed by atoms with Gasteiger partial charge in [-0.15, -0.1) is 9.95 Å². The lowest BCUT2D eigenvalue weighted by atomic mass is 10.2. The molecule has 0 aliphatic heterocycles. The van der Waals surface area contributed by atoms with Gasteiger partial charge in [0.15, 0.2) is 0 Å². The second kappa shape index (κ2) is 4.65. The van der Waals surface area contributed by atoms with E-state index in [1.165, 1.54) is 6.07 Å². The van der Waals surface area contributed by atoms with Crippen molar-refractivity contribution < 1.29 is 9.95 Å². The van der Waals surface area contributed by atoms with E-state index in [-0.39, 0.29) is 10.6 Å². The van der Waals surface area contributed by atoms with Crippen LogP contribution in [0.4, 0.5) is 0 Å². The van der Waals surface area contributed by atoms with Crippen molar-refractivity contribution in [3.05, 3.63) is 33.4 Å². The van der Waals surface area contributed by atoms with E-state index in [1.54, 1.807) is 12.1 Å². The summed E-state index contributed by atoms with van der Waals surface area (Å²) in [7, 11) is 0. The third-order valence-corrected chi connectivity index (χ3v) is 2.01. The zero-order valence-electron chi connectivity index (χ0n) is 7.59. The lowest BCUT2D eigenvalue weighted by molar-refractivity contribution is -0.463. The highest BCUT2D eigenvalue weighted by Gasteiger charge is 1.99. The smallest absolute Gasteiger partial charge is 0.366 e. The zero-order valence-corrected chi connectivity index (χ0v) is 9.18. The summed E-state index contributed by atoms with van der Waals surface area (Å²) in [6, 6.07) is 4.72. The van der Waals surface area contributed by atoms with E-state index in [0.717, 1.165) is 10.7 Å². The van der Waals surface area contributed by atoms with Gasteiger partial charge in [-0.25, -0.2) is 0 Å². The highest BCUT2D eigenvalue weighted by Crippen LogP contribution is 2.19. The minimum Gasteiger partial charge on any atom is -0.722 e. The van der Waals surface area contributed by atoms with Crippen LogP contribution in [0.1, 0.15) is 5.56 Å². The maximum atomic E-state index is 10.9. The van der Waals surface area contributed by atoms with Crippen LogP contribution in [0.5, 0.6) is 5.75 Å².